The molecule has 6 nitrogen and oxygen atoms in total. The molecule has 4 rings (SSSR count). The monoisotopic (exact) mass is 409 g/mol. The van der Waals surface area contributed by atoms with Gasteiger partial charge < -0.3 is 9.67 Å². The minimum absolute atomic E-state index is 0.00736. The van der Waals surface area contributed by atoms with Gasteiger partial charge in [-0.25, -0.2) is 14.2 Å². The van der Waals surface area contributed by atoms with Crippen LogP contribution >= 0.6 is 11.6 Å². The van der Waals surface area contributed by atoms with Gasteiger partial charge in [0.15, 0.2) is 0 Å². The largest absolute Gasteiger partial charge is 0.477 e. The fourth-order valence-corrected chi connectivity index (χ4v) is 3.31. The zero-order chi connectivity index (χ0) is 20.5. The predicted octanol–water partition coefficient (Wildman–Crippen LogP) is 4.00. The van der Waals surface area contributed by atoms with Crippen molar-refractivity contribution in [2.45, 2.75) is 6.54 Å². The first-order chi connectivity index (χ1) is 13.9. The third-order valence-corrected chi connectivity index (χ3v) is 4.70. The van der Waals surface area contributed by atoms with E-state index in [1.807, 2.05) is 6.07 Å². The van der Waals surface area contributed by atoms with E-state index in [-0.39, 0.29) is 17.4 Å². The molecule has 29 heavy (non-hydrogen) atoms. The van der Waals surface area contributed by atoms with Crippen molar-refractivity contribution < 1.29 is 14.3 Å². The van der Waals surface area contributed by atoms with Crippen LogP contribution in [0.15, 0.2) is 65.8 Å². The van der Waals surface area contributed by atoms with Gasteiger partial charge in [-0.05, 0) is 35.9 Å². The number of rotatable bonds is 4. The van der Waals surface area contributed by atoms with Crippen LogP contribution in [0.5, 0.6) is 0 Å². The summed E-state index contributed by atoms with van der Waals surface area (Å²) in [6.45, 7) is 0.0926. The van der Waals surface area contributed by atoms with Crippen molar-refractivity contribution in [2.75, 3.05) is 0 Å². The van der Waals surface area contributed by atoms with Gasteiger partial charge in [0.1, 0.15) is 16.5 Å². The molecular weight excluding hydrogens is 397 g/mol. The summed E-state index contributed by atoms with van der Waals surface area (Å²) in [5, 5.41) is 9.70. The molecule has 0 aliphatic heterocycles. The second kappa shape index (κ2) is 7.44. The molecule has 0 bridgehead atoms. The van der Waals surface area contributed by atoms with Crippen molar-refractivity contribution in [2.24, 2.45) is 0 Å². The molecule has 0 aliphatic rings. The van der Waals surface area contributed by atoms with E-state index in [0.717, 1.165) is 17.3 Å². The molecule has 1 aromatic carbocycles. The maximum atomic E-state index is 14.4. The molecule has 0 amide bonds. The zero-order valence-electron chi connectivity index (χ0n) is 14.8. The highest BCUT2D eigenvalue weighted by Gasteiger charge is 2.17. The van der Waals surface area contributed by atoms with Crippen LogP contribution in [0.25, 0.3) is 22.0 Å². The van der Waals surface area contributed by atoms with E-state index in [4.69, 9.17) is 11.6 Å². The van der Waals surface area contributed by atoms with Crippen LogP contribution in [0.3, 0.4) is 0 Å². The number of carboxylic acids is 1. The minimum Gasteiger partial charge on any atom is -0.477 e. The summed E-state index contributed by atoms with van der Waals surface area (Å²) in [7, 11) is 0. The second-order valence-corrected chi connectivity index (χ2v) is 6.73. The lowest BCUT2D eigenvalue weighted by Crippen LogP contribution is -2.20. The van der Waals surface area contributed by atoms with Crippen LogP contribution in [0.4, 0.5) is 4.39 Å². The lowest BCUT2D eigenvalue weighted by molar-refractivity contribution is 0.0695. The van der Waals surface area contributed by atoms with E-state index in [2.05, 4.69) is 9.97 Å². The highest BCUT2D eigenvalue weighted by molar-refractivity contribution is 6.29. The predicted molar refractivity (Wildman–Crippen MR) is 107 cm³/mol. The molecule has 1 N–H and O–H groups in total. The number of para-hydroxylation sites is 1. The van der Waals surface area contributed by atoms with Gasteiger partial charge >= 0.3 is 5.97 Å². The summed E-state index contributed by atoms with van der Waals surface area (Å²) >= 11 is 5.91. The average molecular weight is 410 g/mol. The van der Waals surface area contributed by atoms with Crippen LogP contribution < -0.4 is 5.43 Å². The summed E-state index contributed by atoms with van der Waals surface area (Å²) in [6.07, 6.45) is 4.38. The third-order valence-electron chi connectivity index (χ3n) is 4.50. The van der Waals surface area contributed by atoms with Crippen LogP contribution in [0, 0.1) is 5.82 Å². The first-order valence-corrected chi connectivity index (χ1v) is 8.93. The molecule has 0 atom stereocenters. The summed E-state index contributed by atoms with van der Waals surface area (Å²) < 4.78 is 15.8. The molecular formula is C21H13ClFN3O3. The van der Waals surface area contributed by atoms with Crippen molar-refractivity contribution in [1.29, 1.82) is 0 Å². The Morgan fingerprint density at radius 2 is 1.97 bits per heavy atom. The maximum Gasteiger partial charge on any atom is 0.341 e. The quantitative estimate of drug-likeness (QED) is 0.515. The molecule has 3 heterocycles. The number of fused-ring (bicyclic) bond motifs is 1. The smallest absolute Gasteiger partial charge is 0.341 e. The van der Waals surface area contributed by atoms with Crippen LogP contribution in [-0.2, 0) is 6.54 Å². The van der Waals surface area contributed by atoms with Gasteiger partial charge in [0.05, 0.1) is 17.8 Å². The Hall–Kier alpha value is -3.58. The van der Waals surface area contributed by atoms with Gasteiger partial charge in [-0.15, -0.1) is 0 Å². The molecule has 0 fully saturated rings. The number of carbonyl (C=O) groups is 1. The summed E-state index contributed by atoms with van der Waals surface area (Å²) in [6, 6.07) is 11.1. The van der Waals surface area contributed by atoms with E-state index in [1.165, 1.54) is 22.8 Å². The van der Waals surface area contributed by atoms with Gasteiger partial charge in [0.2, 0.25) is 5.43 Å². The van der Waals surface area contributed by atoms with Crippen LogP contribution in [0.2, 0.25) is 5.15 Å². The fraction of sp³-hybridized carbons (Fsp3) is 0.0476. The van der Waals surface area contributed by atoms with Crippen molar-refractivity contribution in [3.8, 4) is 11.1 Å². The maximum absolute atomic E-state index is 14.4. The first kappa shape index (κ1) is 18.8. The summed E-state index contributed by atoms with van der Waals surface area (Å²) in [5.74, 6) is -1.98. The van der Waals surface area contributed by atoms with E-state index in [0.29, 0.717) is 10.8 Å². The molecule has 0 unspecified atom stereocenters. The van der Waals surface area contributed by atoms with Crippen molar-refractivity contribution in [3.63, 3.8) is 0 Å². The Kier molecular flexibility index (Phi) is 4.82. The molecule has 8 heteroatoms. The molecule has 0 aliphatic carbocycles. The second-order valence-electron chi connectivity index (χ2n) is 6.35. The van der Waals surface area contributed by atoms with Crippen molar-refractivity contribution in [1.82, 2.24) is 14.5 Å². The first-order valence-electron chi connectivity index (χ1n) is 8.56. The number of benzene rings is 1. The number of hydrogen-bond acceptors (Lipinski definition) is 4. The molecule has 0 saturated heterocycles. The summed E-state index contributed by atoms with van der Waals surface area (Å²) in [5.41, 5.74) is 1.12. The Labute approximate surface area is 168 Å². The van der Waals surface area contributed by atoms with E-state index >= 15 is 0 Å². The Morgan fingerprint density at radius 3 is 2.66 bits per heavy atom. The number of halogens is 2. The topological polar surface area (TPSA) is 85.1 Å². The number of pyridine rings is 3. The molecule has 0 radical (unpaired) electrons. The number of carboxylic acid groups (broad SMARTS) is 1. The fourth-order valence-electron chi connectivity index (χ4n) is 3.14. The third kappa shape index (κ3) is 3.60. The number of nitrogens with zero attached hydrogens (tertiary/aromatic N) is 3. The normalized spacial score (nSPS) is 11.0. The van der Waals surface area contributed by atoms with Gasteiger partial charge in [0, 0.05) is 29.5 Å². The average Bonchev–Trinajstić information content (AvgIpc) is 2.70. The minimum atomic E-state index is -1.37. The molecule has 0 saturated carbocycles. The number of aromatic nitrogens is 3. The van der Waals surface area contributed by atoms with Crippen LogP contribution in [0.1, 0.15) is 16.1 Å². The molecule has 4 aromatic rings. The zero-order valence-corrected chi connectivity index (χ0v) is 15.6. The van der Waals surface area contributed by atoms with Gasteiger partial charge in [-0.3, -0.25) is 9.78 Å². The summed E-state index contributed by atoms with van der Waals surface area (Å²) in [4.78, 5) is 32.1. The van der Waals surface area contributed by atoms with Crippen LogP contribution in [-0.4, -0.2) is 25.6 Å². The van der Waals surface area contributed by atoms with Crippen molar-refractivity contribution >= 4 is 28.5 Å². The van der Waals surface area contributed by atoms with E-state index in [1.54, 1.807) is 30.6 Å². The lowest BCUT2D eigenvalue weighted by Gasteiger charge is -2.13. The highest BCUT2D eigenvalue weighted by Crippen LogP contribution is 2.22. The standard InChI is InChI=1S/C21H13ClFN3O3/c22-18-8-12(6-7-24-18)13-4-5-14(25-9-13)10-26-11-16(21(28)29)20(27)15-2-1-3-17(23)19(15)26/h1-9,11H,10H2,(H,28,29). The Morgan fingerprint density at radius 1 is 1.14 bits per heavy atom. The lowest BCUT2D eigenvalue weighted by atomic mass is 10.1. The van der Waals surface area contributed by atoms with E-state index in [9.17, 15) is 19.1 Å². The molecule has 3 aromatic heterocycles. The van der Waals surface area contributed by atoms with Gasteiger partial charge in [-0.2, -0.15) is 0 Å². The molecule has 0 spiro atoms. The number of hydrogen-bond donors (Lipinski definition) is 1. The Bertz CT molecular complexity index is 1300. The SMILES string of the molecule is O=C(O)c1cn(Cc2ccc(-c3ccnc(Cl)c3)cn2)c2c(F)cccc2c1=O. The highest BCUT2D eigenvalue weighted by atomic mass is 35.5. The van der Waals surface area contributed by atoms with Crippen molar-refractivity contribution in [3.05, 3.63) is 93.5 Å². The Balaban J connectivity index is 1.77. The number of aromatic carboxylic acids is 1. The van der Waals surface area contributed by atoms with E-state index < -0.39 is 22.8 Å². The molecule has 144 valence electrons. The van der Waals surface area contributed by atoms with Gasteiger partial charge in [0.25, 0.3) is 0 Å². The van der Waals surface area contributed by atoms with Gasteiger partial charge in [-0.1, -0.05) is 23.7 Å².